The Morgan fingerprint density at radius 2 is 2.07 bits per heavy atom. The first-order chi connectivity index (χ1) is 6.79. The van der Waals surface area contributed by atoms with E-state index < -0.39 is 17.1 Å². The second-order valence-corrected chi connectivity index (χ2v) is 2.93. The summed E-state index contributed by atoms with van der Waals surface area (Å²) < 4.78 is 0. The molecule has 1 aromatic carbocycles. The minimum Gasteiger partial charge on any atom is -0.262 e. The van der Waals surface area contributed by atoms with Crippen molar-refractivity contribution in [2.75, 3.05) is 0 Å². The van der Waals surface area contributed by atoms with Crippen molar-refractivity contribution >= 4 is 0 Å². The SMILES string of the molecule is O=[N+]([O-])C1NN=NC1c1ccccc1. The first kappa shape index (κ1) is 8.61. The summed E-state index contributed by atoms with van der Waals surface area (Å²) in [6.45, 7) is 0. The van der Waals surface area contributed by atoms with Gasteiger partial charge in [0.2, 0.25) is 0 Å². The van der Waals surface area contributed by atoms with Gasteiger partial charge in [0.15, 0.2) is 6.04 Å². The topological polar surface area (TPSA) is 79.9 Å². The molecule has 0 aliphatic carbocycles. The fraction of sp³-hybridized carbons (Fsp3) is 0.250. The molecule has 2 rings (SSSR count). The Bertz CT molecular complexity index is 365. The molecular formula is C8H8N4O2. The Morgan fingerprint density at radius 3 is 2.71 bits per heavy atom. The van der Waals surface area contributed by atoms with Gasteiger partial charge in [0.25, 0.3) is 0 Å². The lowest BCUT2D eigenvalue weighted by Crippen LogP contribution is -2.33. The van der Waals surface area contributed by atoms with Crippen LogP contribution in [0.2, 0.25) is 0 Å². The van der Waals surface area contributed by atoms with Crippen LogP contribution in [0.3, 0.4) is 0 Å². The Morgan fingerprint density at radius 1 is 1.36 bits per heavy atom. The first-order valence-electron chi connectivity index (χ1n) is 4.13. The molecule has 1 heterocycles. The van der Waals surface area contributed by atoms with Crippen LogP contribution in [-0.2, 0) is 0 Å². The highest BCUT2D eigenvalue weighted by atomic mass is 16.6. The van der Waals surface area contributed by atoms with Crippen LogP contribution in [0.25, 0.3) is 0 Å². The second kappa shape index (κ2) is 3.41. The van der Waals surface area contributed by atoms with Crippen LogP contribution in [0.4, 0.5) is 0 Å². The van der Waals surface area contributed by atoms with E-state index in [0.717, 1.165) is 5.56 Å². The molecule has 0 fully saturated rings. The number of hydrogen-bond donors (Lipinski definition) is 1. The van der Waals surface area contributed by atoms with Gasteiger partial charge in [-0.25, -0.2) is 5.43 Å². The molecular weight excluding hydrogens is 184 g/mol. The Kier molecular flexibility index (Phi) is 2.10. The van der Waals surface area contributed by atoms with Crippen molar-refractivity contribution in [3.05, 3.63) is 46.0 Å². The van der Waals surface area contributed by atoms with Crippen LogP contribution in [-0.4, -0.2) is 11.1 Å². The average Bonchev–Trinajstić information content (AvgIpc) is 2.67. The smallest absolute Gasteiger partial charge is 0.262 e. The van der Waals surface area contributed by atoms with Gasteiger partial charge in [-0.2, -0.15) is 5.11 Å². The third-order valence-corrected chi connectivity index (χ3v) is 2.04. The molecule has 1 aliphatic heterocycles. The van der Waals surface area contributed by atoms with Crippen LogP contribution < -0.4 is 5.43 Å². The average molecular weight is 192 g/mol. The molecule has 0 saturated heterocycles. The summed E-state index contributed by atoms with van der Waals surface area (Å²) in [6.07, 6.45) is -0.947. The fourth-order valence-corrected chi connectivity index (χ4v) is 1.35. The van der Waals surface area contributed by atoms with Gasteiger partial charge in [-0.1, -0.05) is 35.6 Å². The third-order valence-electron chi connectivity index (χ3n) is 2.04. The zero-order valence-electron chi connectivity index (χ0n) is 7.20. The molecule has 0 bridgehead atoms. The molecule has 2 unspecified atom stereocenters. The van der Waals surface area contributed by atoms with E-state index in [0.29, 0.717) is 0 Å². The van der Waals surface area contributed by atoms with Crippen LogP contribution in [0.5, 0.6) is 0 Å². The fourth-order valence-electron chi connectivity index (χ4n) is 1.35. The molecule has 0 radical (unpaired) electrons. The zero-order chi connectivity index (χ0) is 9.97. The summed E-state index contributed by atoms with van der Waals surface area (Å²) in [5.74, 6) is 0. The largest absolute Gasteiger partial charge is 0.328 e. The van der Waals surface area contributed by atoms with Gasteiger partial charge in [0, 0.05) is 4.92 Å². The summed E-state index contributed by atoms with van der Waals surface area (Å²) >= 11 is 0. The van der Waals surface area contributed by atoms with Gasteiger partial charge in [0.1, 0.15) is 0 Å². The van der Waals surface area contributed by atoms with E-state index in [4.69, 9.17) is 0 Å². The summed E-state index contributed by atoms with van der Waals surface area (Å²) in [4.78, 5) is 10.2. The van der Waals surface area contributed by atoms with E-state index in [1.807, 2.05) is 18.2 Å². The maximum absolute atomic E-state index is 10.6. The van der Waals surface area contributed by atoms with Gasteiger partial charge < -0.3 is 0 Å². The van der Waals surface area contributed by atoms with Crippen molar-refractivity contribution in [1.82, 2.24) is 5.43 Å². The van der Waals surface area contributed by atoms with Gasteiger partial charge in [-0.05, 0) is 5.56 Å². The molecule has 1 aromatic rings. The Balaban J connectivity index is 2.26. The molecule has 0 amide bonds. The van der Waals surface area contributed by atoms with Gasteiger partial charge in [0.05, 0.1) is 0 Å². The van der Waals surface area contributed by atoms with Crippen LogP contribution >= 0.6 is 0 Å². The van der Waals surface area contributed by atoms with Crippen LogP contribution in [0.1, 0.15) is 11.6 Å². The van der Waals surface area contributed by atoms with E-state index >= 15 is 0 Å². The first-order valence-corrected chi connectivity index (χ1v) is 4.13. The molecule has 0 aromatic heterocycles. The van der Waals surface area contributed by atoms with Gasteiger partial charge in [-0.3, -0.25) is 10.1 Å². The summed E-state index contributed by atoms with van der Waals surface area (Å²) in [7, 11) is 0. The third kappa shape index (κ3) is 1.41. The number of nitrogens with zero attached hydrogens (tertiary/aromatic N) is 3. The highest BCUT2D eigenvalue weighted by Crippen LogP contribution is 2.25. The minimum absolute atomic E-state index is 0.419. The number of nitro groups is 1. The van der Waals surface area contributed by atoms with E-state index in [1.165, 1.54) is 0 Å². The monoisotopic (exact) mass is 192 g/mol. The molecule has 0 spiro atoms. The molecule has 72 valence electrons. The van der Waals surface area contributed by atoms with Crippen molar-refractivity contribution in [2.24, 2.45) is 10.3 Å². The molecule has 1 aliphatic rings. The number of nitrogens with one attached hydrogen (secondary N) is 1. The van der Waals surface area contributed by atoms with E-state index in [1.54, 1.807) is 12.1 Å². The number of hydrogen-bond acceptors (Lipinski definition) is 5. The van der Waals surface area contributed by atoms with Crippen LogP contribution in [0, 0.1) is 10.1 Å². The molecule has 6 nitrogen and oxygen atoms in total. The highest BCUT2D eigenvalue weighted by Gasteiger charge is 2.36. The Hall–Kier alpha value is -1.98. The highest BCUT2D eigenvalue weighted by molar-refractivity contribution is 5.20. The summed E-state index contributed by atoms with van der Waals surface area (Å²) in [6, 6.07) is 8.57. The molecule has 14 heavy (non-hydrogen) atoms. The normalized spacial score (nSPS) is 24.6. The number of benzene rings is 1. The van der Waals surface area contributed by atoms with E-state index in [-0.39, 0.29) is 0 Å². The Labute approximate surface area is 79.8 Å². The van der Waals surface area contributed by atoms with Crippen molar-refractivity contribution in [3.63, 3.8) is 0 Å². The molecule has 2 atom stereocenters. The van der Waals surface area contributed by atoms with E-state index in [2.05, 4.69) is 15.8 Å². The predicted molar refractivity (Wildman–Crippen MR) is 48.0 cm³/mol. The van der Waals surface area contributed by atoms with Crippen molar-refractivity contribution in [1.29, 1.82) is 0 Å². The summed E-state index contributed by atoms with van der Waals surface area (Å²) in [5, 5.41) is 17.9. The van der Waals surface area contributed by atoms with Gasteiger partial charge >= 0.3 is 6.17 Å². The maximum atomic E-state index is 10.6. The quantitative estimate of drug-likeness (QED) is 0.566. The lowest BCUT2D eigenvalue weighted by Gasteiger charge is -2.08. The lowest BCUT2D eigenvalue weighted by molar-refractivity contribution is -0.530. The molecule has 1 N–H and O–H groups in total. The lowest BCUT2D eigenvalue weighted by atomic mass is 10.1. The summed E-state index contributed by atoms with van der Waals surface area (Å²) in [5.41, 5.74) is 3.16. The van der Waals surface area contributed by atoms with Gasteiger partial charge in [-0.15, -0.1) is 0 Å². The van der Waals surface area contributed by atoms with E-state index in [9.17, 15) is 10.1 Å². The van der Waals surface area contributed by atoms with Crippen molar-refractivity contribution < 1.29 is 4.92 Å². The van der Waals surface area contributed by atoms with Crippen molar-refractivity contribution in [3.8, 4) is 0 Å². The maximum Gasteiger partial charge on any atom is 0.328 e. The minimum atomic E-state index is -0.947. The van der Waals surface area contributed by atoms with Crippen LogP contribution in [0.15, 0.2) is 40.7 Å². The number of rotatable bonds is 2. The predicted octanol–water partition coefficient (Wildman–Crippen LogP) is 1.30. The van der Waals surface area contributed by atoms with Crippen molar-refractivity contribution in [2.45, 2.75) is 12.2 Å². The molecule has 6 heteroatoms. The zero-order valence-corrected chi connectivity index (χ0v) is 7.20. The standard InChI is InChI=1S/C8H8N4O2/c13-12(14)8-7(9-11-10-8)6-4-2-1-3-5-6/h1-5,7-8H,(H,9,10). The second-order valence-electron chi connectivity index (χ2n) is 2.93. The molecule has 0 saturated carbocycles.